The minimum atomic E-state index is -0.397. The number of ether oxygens (including phenoxy) is 2. The number of benzene rings is 2. The van der Waals surface area contributed by atoms with E-state index in [9.17, 15) is 4.79 Å². The van der Waals surface area contributed by atoms with Gasteiger partial charge in [0.05, 0.1) is 24.1 Å². The third kappa shape index (κ3) is 4.52. The van der Waals surface area contributed by atoms with Gasteiger partial charge in [-0.1, -0.05) is 30.0 Å². The molecule has 0 spiro atoms. The van der Waals surface area contributed by atoms with Crippen LogP contribution in [0.2, 0.25) is 0 Å². The van der Waals surface area contributed by atoms with E-state index in [2.05, 4.69) is 16.4 Å². The van der Waals surface area contributed by atoms with E-state index in [0.717, 1.165) is 39.9 Å². The van der Waals surface area contributed by atoms with Crippen molar-refractivity contribution in [3.05, 3.63) is 70.8 Å². The molecule has 7 heteroatoms. The van der Waals surface area contributed by atoms with Crippen LogP contribution >= 0.6 is 11.8 Å². The predicted molar refractivity (Wildman–Crippen MR) is 116 cm³/mol. The number of carbonyl (C=O) groups is 1. The molecule has 29 heavy (non-hydrogen) atoms. The molecule has 0 bridgehead atoms. The molecule has 1 unspecified atom stereocenters. The first kappa shape index (κ1) is 19.3. The molecule has 3 N–H and O–H groups in total. The largest absolute Gasteiger partial charge is 0.497 e. The number of nitrogens with zero attached hydrogens (tertiary/aromatic N) is 1. The SMILES string of the molecule is COc1cccc(CCOc2ccnc3ccc(/C=C4\SC(N)NC4=O)cc23)c1. The Morgan fingerprint density at radius 3 is 2.93 bits per heavy atom. The number of pyridine rings is 1. The number of hydrogen-bond acceptors (Lipinski definition) is 6. The highest BCUT2D eigenvalue weighted by atomic mass is 32.2. The molecular weight excluding hydrogens is 386 g/mol. The molecule has 1 aromatic heterocycles. The standard InChI is InChI=1S/C22H21N3O3S/c1-27-16-4-2-3-14(11-16)8-10-28-19-7-9-24-18-6-5-15(12-17(18)19)13-20-21(26)25-22(23)29-20/h2-7,9,11-13,22H,8,10,23H2,1H3,(H,25,26)/b20-13-. The minimum absolute atomic E-state index is 0.149. The quantitative estimate of drug-likeness (QED) is 0.610. The number of nitrogens with two attached hydrogens (primary N) is 1. The van der Waals surface area contributed by atoms with Gasteiger partial charge in [-0.05, 0) is 47.5 Å². The molecule has 1 amide bonds. The Labute approximate surface area is 173 Å². The Bertz CT molecular complexity index is 1080. The highest BCUT2D eigenvalue weighted by Crippen LogP contribution is 2.30. The van der Waals surface area contributed by atoms with Crippen molar-refractivity contribution >= 4 is 34.6 Å². The van der Waals surface area contributed by atoms with E-state index in [1.54, 1.807) is 13.3 Å². The summed E-state index contributed by atoms with van der Waals surface area (Å²) in [5.41, 5.74) is 8.24. The average Bonchev–Trinajstić information content (AvgIpc) is 3.05. The number of carbonyl (C=O) groups excluding carboxylic acids is 1. The summed E-state index contributed by atoms with van der Waals surface area (Å²) in [5, 5.41) is 3.58. The number of rotatable bonds is 6. The second-order valence-corrected chi connectivity index (χ2v) is 7.74. The zero-order valence-corrected chi connectivity index (χ0v) is 16.7. The lowest BCUT2D eigenvalue weighted by atomic mass is 10.1. The van der Waals surface area contributed by atoms with E-state index in [1.807, 2.05) is 48.5 Å². The molecule has 3 aromatic rings. The van der Waals surface area contributed by atoms with Crippen molar-refractivity contribution in [1.29, 1.82) is 0 Å². The molecule has 1 fully saturated rings. The van der Waals surface area contributed by atoms with E-state index in [-0.39, 0.29) is 5.91 Å². The Kier molecular flexibility index (Phi) is 5.69. The minimum Gasteiger partial charge on any atom is -0.497 e. The number of fused-ring (bicyclic) bond motifs is 1. The van der Waals surface area contributed by atoms with Crippen molar-refractivity contribution in [2.24, 2.45) is 5.73 Å². The highest BCUT2D eigenvalue weighted by molar-refractivity contribution is 8.05. The molecule has 0 radical (unpaired) electrons. The van der Waals surface area contributed by atoms with E-state index in [4.69, 9.17) is 15.2 Å². The maximum Gasteiger partial charge on any atom is 0.259 e. The fourth-order valence-corrected chi connectivity index (χ4v) is 3.94. The van der Waals surface area contributed by atoms with E-state index >= 15 is 0 Å². The van der Waals surface area contributed by atoms with Gasteiger partial charge in [0.1, 0.15) is 17.0 Å². The number of nitrogens with one attached hydrogen (secondary N) is 1. The second-order valence-electron chi connectivity index (χ2n) is 6.56. The van der Waals surface area contributed by atoms with Crippen molar-refractivity contribution in [3.63, 3.8) is 0 Å². The van der Waals surface area contributed by atoms with Crippen LogP contribution in [0.3, 0.4) is 0 Å². The summed E-state index contributed by atoms with van der Waals surface area (Å²) in [6.45, 7) is 0.532. The number of aromatic nitrogens is 1. The fourth-order valence-electron chi connectivity index (χ4n) is 3.13. The van der Waals surface area contributed by atoms with Gasteiger partial charge in [0, 0.05) is 18.0 Å². The molecule has 2 heterocycles. The van der Waals surface area contributed by atoms with Gasteiger partial charge < -0.3 is 20.5 Å². The average molecular weight is 407 g/mol. The number of amides is 1. The first-order valence-corrected chi connectivity index (χ1v) is 10.1. The van der Waals surface area contributed by atoms with Gasteiger partial charge >= 0.3 is 0 Å². The van der Waals surface area contributed by atoms with Gasteiger partial charge in [0.2, 0.25) is 0 Å². The van der Waals surface area contributed by atoms with Crippen molar-refractivity contribution in [3.8, 4) is 11.5 Å². The van der Waals surface area contributed by atoms with Crippen LogP contribution in [0.5, 0.6) is 11.5 Å². The first-order chi connectivity index (χ1) is 14.1. The summed E-state index contributed by atoms with van der Waals surface area (Å²) < 4.78 is 11.3. The maximum atomic E-state index is 11.9. The van der Waals surface area contributed by atoms with Crippen molar-refractivity contribution in [1.82, 2.24) is 10.3 Å². The maximum absolute atomic E-state index is 11.9. The van der Waals surface area contributed by atoms with E-state index < -0.39 is 5.50 Å². The van der Waals surface area contributed by atoms with E-state index in [1.165, 1.54) is 11.8 Å². The first-order valence-electron chi connectivity index (χ1n) is 9.22. The highest BCUT2D eigenvalue weighted by Gasteiger charge is 2.23. The lowest BCUT2D eigenvalue weighted by molar-refractivity contribution is -0.116. The van der Waals surface area contributed by atoms with Crippen LogP contribution in [0.25, 0.3) is 17.0 Å². The van der Waals surface area contributed by atoms with Crippen LogP contribution in [-0.2, 0) is 11.2 Å². The van der Waals surface area contributed by atoms with Gasteiger partial charge in [-0.15, -0.1) is 0 Å². The lowest BCUT2D eigenvalue weighted by Crippen LogP contribution is -2.31. The third-order valence-electron chi connectivity index (χ3n) is 4.56. The summed E-state index contributed by atoms with van der Waals surface area (Å²) in [6.07, 6.45) is 4.33. The molecule has 148 valence electrons. The Morgan fingerprint density at radius 2 is 2.14 bits per heavy atom. The molecule has 6 nitrogen and oxygen atoms in total. The molecule has 1 saturated heterocycles. The van der Waals surface area contributed by atoms with Crippen molar-refractivity contribution < 1.29 is 14.3 Å². The zero-order chi connectivity index (χ0) is 20.2. The van der Waals surface area contributed by atoms with Crippen LogP contribution in [0, 0.1) is 0 Å². The summed E-state index contributed by atoms with van der Waals surface area (Å²) in [4.78, 5) is 16.9. The summed E-state index contributed by atoms with van der Waals surface area (Å²) in [7, 11) is 1.66. The number of thioether (sulfide) groups is 1. The Hall–Kier alpha value is -3.03. The molecule has 1 atom stereocenters. The van der Waals surface area contributed by atoms with Crippen LogP contribution < -0.4 is 20.5 Å². The third-order valence-corrected chi connectivity index (χ3v) is 5.49. The monoisotopic (exact) mass is 407 g/mol. The Morgan fingerprint density at radius 1 is 1.24 bits per heavy atom. The van der Waals surface area contributed by atoms with Gasteiger partial charge in [-0.25, -0.2) is 0 Å². The molecule has 4 rings (SSSR count). The van der Waals surface area contributed by atoms with Crippen LogP contribution in [-0.4, -0.2) is 30.1 Å². The van der Waals surface area contributed by atoms with Crippen LogP contribution in [0.15, 0.2) is 59.6 Å². The Balaban J connectivity index is 1.53. The normalized spacial score (nSPS) is 17.5. The zero-order valence-electron chi connectivity index (χ0n) is 15.9. The molecule has 0 saturated carbocycles. The predicted octanol–water partition coefficient (Wildman–Crippen LogP) is 3.31. The topological polar surface area (TPSA) is 86.5 Å². The van der Waals surface area contributed by atoms with Crippen LogP contribution in [0.1, 0.15) is 11.1 Å². The molecule has 1 aliphatic rings. The summed E-state index contributed by atoms with van der Waals surface area (Å²) in [5.74, 6) is 1.45. The molecular formula is C22H21N3O3S. The van der Waals surface area contributed by atoms with Gasteiger partial charge in [-0.3, -0.25) is 9.78 Å². The smallest absolute Gasteiger partial charge is 0.259 e. The summed E-state index contributed by atoms with van der Waals surface area (Å²) >= 11 is 1.31. The van der Waals surface area contributed by atoms with Gasteiger partial charge in [0.25, 0.3) is 5.91 Å². The lowest BCUT2D eigenvalue weighted by Gasteiger charge is -2.10. The number of methoxy groups -OCH3 is 1. The van der Waals surface area contributed by atoms with Gasteiger partial charge in [-0.2, -0.15) is 0 Å². The number of hydrogen-bond donors (Lipinski definition) is 2. The van der Waals surface area contributed by atoms with Crippen LogP contribution in [0.4, 0.5) is 0 Å². The molecule has 0 aliphatic carbocycles. The summed E-state index contributed by atoms with van der Waals surface area (Å²) in [6, 6.07) is 15.6. The van der Waals surface area contributed by atoms with Crippen molar-refractivity contribution in [2.45, 2.75) is 11.9 Å². The second kappa shape index (κ2) is 8.55. The van der Waals surface area contributed by atoms with E-state index in [0.29, 0.717) is 11.5 Å². The molecule has 2 aromatic carbocycles. The molecule has 1 aliphatic heterocycles. The fraction of sp³-hybridized carbons (Fsp3) is 0.182. The van der Waals surface area contributed by atoms with Gasteiger partial charge in [0.15, 0.2) is 0 Å². The van der Waals surface area contributed by atoms with Crippen molar-refractivity contribution in [2.75, 3.05) is 13.7 Å².